The first-order valence-corrected chi connectivity index (χ1v) is 4.10. The molecule has 0 aliphatic carbocycles. The van der Waals surface area contributed by atoms with Crippen molar-refractivity contribution in [1.82, 2.24) is 9.80 Å². The lowest BCUT2D eigenvalue weighted by Gasteiger charge is -2.38. The maximum atomic E-state index is 10.9. The normalized spacial score (nSPS) is 25.8. The molecule has 1 heterocycles. The number of piperazine rings is 1. The van der Waals surface area contributed by atoms with Gasteiger partial charge < -0.3 is 21.3 Å². The van der Waals surface area contributed by atoms with Crippen LogP contribution in [0.1, 0.15) is 0 Å². The molecule has 0 aromatic rings. The molecule has 1 atom stereocenters. The van der Waals surface area contributed by atoms with E-state index in [1.54, 1.807) is 4.90 Å². The van der Waals surface area contributed by atoms with Gasteiger partial charge in [0.2, 0.25) is 0 Å². The monoisotopic (exact) mass is 172 g/mol. The molecule has 0 saturated carbocycles. The first-order chi connectivity index (χ1) is 5.65. The number of primary amides is 1. The van der Waals surface area contributed by atoms with Crippen molar-refractivity contribution < 1.29 is 4.79 Å². The lowest BCUT2D eigenvalue weighted by molar-refractivity contribution is 0.117. The van der Waals surface area contributed by atoms with Crippen molar-refractivity contribution in [1.29, 1.82) is 0 Å². The van der Waals surface area contributed by atoms with Crippen LogP contribution in [-0.2, 0) is 0 Å². The van der Waals surface area contributed by atoms with E-state index in [-0.39, 0.29) is 12.1 Å². The highest BCUT2D eigenvalue weighted by Gasteiger charge is 2.25. The van der Waals surface area contributed by atoms with E-state index in [2.05, 4.69) is 4.90 Å². The van der Waals surface area contributed by atoms with Crippen molar-refractivity contribution >= 4 is 6.03 Å². The van der Waals surface area contributed by atoms with Crippen LogP contribution in [0.5, 0.6) is 0 Å². The molecule has 5 heteroatoms. The molecule has 1 rings (SSSR count). The van der Waals surface area contributed by atoms with E-state index in [0.29, 0.717) is 13.1 Å². The minimum Gasteiger partial charge on any atom is -0.351 e. The summed E-state index contributed by atoms with van der Waals surface area (Å²) in [7, 11) is 2.01. The summed E-state index contributed by atoms with van der Waals surface area (Å²) >= 11 is 0. The number of rotatable bonds is 1. The summed E-state index contributed by atoms with van der Waals surface area (Å²) in [5.74, 6) is 0. The lowest BCUT2D eigenvalue weighted by Crippen LogP contribution is -2.58. The largest absolute Gasteiger partial charge is 0.351 e. The number of hydrogen-bond donors (Lipinski definition) is 2. The van der Waals surface area contributed by atoms with E-state index < -0.39 is 0 Å². The molecule has 1 aliphatic heterocycles. The summed E-state index contributed by atoms with van der Waals surface area (Å²) < 4.78 is 0. The van der Waals surface area contributed by atoms with E-state index >= 15 is 0 Å². The molecule has 1 unspecified atom stereocenters. The summed E-state index contributed by atoms with van der Waals surface area (Å²) in [6, 6.07) is -0.278. The Morgan fingerprint density at radius 3 is 2.75 bits per heavy atom. The van der Waals surface area contributed by atoms with Crippen LogP contribution >= 0.6 is 0 Å². The van der Waals surface area contributed by atoms with Crippen LogP contribution in [-0.4, -0.2) is 55.1 Å². The van der Waals surface area contributed by atoms with Crippen molar-refractivity contribution in [3.63, 3.8) is 0 Å². The predicted octanol–water partition coefficient (Wildman–Crippen LogP) is -1.36. The zero-order valence-electron chi connectivity index (χ0n) is 7.36. The molecule has 70 valence electrons. The number of nitrogens with two attached hydrogens (primary N) is 2. The summed E-state index contributed by atoms with van der Waals surface area (Å²) in [6.45, 7) is 2.86. The van der Waals surface area contributed by atoms with Gasteiger partial charge in [-0.25, -0.2) is 4.79 Å². The maximum absolute atomic E-state index is 10.9. The molecule has 12 heavy (non-hydrogen) atoms. The zero-order valence-corrected chi connectivity index (χ0v) is 7.36. The van der Waals surface area contributed by atoms with Gasteiger partial charge in [0, 0.05) is 26.2 Å². The average Bonchev–Trinajstić information content (AvgIpc) is 2.03. The van der Waals surface area contributed by atoms with Crippen molar-refractivity contribution in [3.8, 4) is 0 Å². The fourth-order valence-corrected chi connectivity index (χ4v) is 1.50. The zero-order chi connectivity index (χ0) is 9.14. The van der Waals surface area contributed by atoms with Crippen LogP contribution in [0.25, 0.3) is 0 Å². The molecule has 1 fully saturated rings. The number of carbonyl (C=O) groups is 1. The molecule has 0 bridgehead atoms. The maximum Gasteiger partial charge on any atom is 0.315 e. The summed E-state index contributed by atoms with van der Waals surface area (Å²) in [4.78, 5) is 14.7. The van der Waals surface area contributed by atoms with E-state index in [1.165, 1.54) is 0 Å². The molecular formula is C7H16N4O. The topological polar surface area (TPSA) is 75.6 Å². The van der Waals surface area contributed by atoms with Gasteiger partial charge in [0.05, 0.1) is 6.04 Å². The van der Waals surface area contributed by atoms with Crippen molar-refractivity contribution in [2.45, 2.75) is 6.04 Å². The Kier molecular flexibility index (Phi) is 2.88. The molecular weight excluding hydrogens is 156 g/mol. The third-order valence-corrected chi connectivity index (χ3v) is 2.24. The van der Waals surface area contributed by atoms with Crippen LogP contribution in [0.4, 0.5) is 4.79 Å². The van der Waals surface area contributed by atoms with Crippen molar-refractivity contribution in [3.05, 3.63) is 0 Å². The quantitative estimate of drug-likeness (QED) is 0.513. The smallest absolute Gasteiger partial charge is 0.315 e. The second-order valence-corrected chi connectivity index (χ2v) is 3.18. The molecule has 1 aliphatic rings. The van der Waals surface area contributed by atoms with Gasteiger partial charge in [-0.2, -0.15) is 0 Å². The van der Waals surface area contributed by atoms with Gasteiger partial charge in [0.25, 0.3) is 0 Å². The second-order valence-electron chi connectivity index (χ2n) is 3.18. The van der Waals surface area contributed by atoms with E-state index in [1.807, 2.05) is 7.05 Å². The summed E-state index contributed by atoms with van der Waals surface area (Å²) in [5.41, 5.74) is 10.7. The second kappa shape index (κ2) is 3.73. The Labute approximate surface area is 72.3 Å². The Morgan fingerprint density at radius 1 is 1.58 bits per heavy atom. The first kappa shape index (κ1) is 9.28. The number of amides is 2. The summed E-state index contributed by atoms with van der Waals surface area (Å²) in [6.07, 6.45) is 0. The molecule has 2 amide bonds. The Hall–Kier alpha value is -0.810. The average molecular weight is 172 g/mol. The lowest BCUT2D eigenvalue weighted by atomic mass is 10.2. The number of carbonyl (C=O) groups excluding carboxylic acids is 1. The third-order valence-electron chi connectivity index (χ3n) is 2.24. The molecule has 0 radical (unpaired) electrons. The highest BCUT2D eigenvalue weighted by atomic mass is 16.2. The van der Waals surface area contributed by atoms with Gasteiger partial charge in [-0.3, -0.25) is 0 Å². The molecule has 1 saturated heterocycles. The van der Waals surface area contributed by atoms with E-state index in [0.717, 1.165) is 13.1 Å². The van der Waals surface area contributed by atoms with Crippen molar-refractivity contribution in [2.24, 2.45) is 11.5 Å². The first-order valence-electron chi connectivity index (χ1n) is 4.10. The molecule has 0 aromatic carbocycles. The number of likely N-dealkylation sites (N-methyl/N-ethyl adjacent to an activating group) is 1. The van der Waals surface area contributed by atoms with Crippen LogP contribution < -0.4 is 11.5 Å². The Balaban J connectivity index is 2.56. The molecule has 4 N–H and O–H groups in total. The predicted molar refractivity (Wildman–Crippen MR) is 46.6 cm³/mol. The molecule has 5 nitrogen and oxygen atoms in total. The number of nitrogens with zero attached hydrogens (tertiary/aromatic N) is 2. The Morgan fingerprint density at radius 2 is 2.25 bits per heavy atom. The van der Waals surface area contributed by atoms with E-state index in [4.69, 9.17) is 11.5 Å². The van der Waals surface area contributed by atoms with Crippen LogP contribution in [0.2, 0.25) is 0 Å². The van der Waals surface area contributed by atoms with Crippen LogP contribution in [0.15, 0.2) is 0 Å². The van der Waals surface area contributed by atoms with Crippen molar-refractivity contribution in [2.75, 3.05) is 33.2 Å². The highest BCUT2D eigenvalue weighted by Crippen LogP contribution is 2.06. The Bertz CT molecular complexity index is 173. The van der Waals surface area contributed by atoms with Gasteiger partial charge in [0.1, 0.15) is 0 Å². The van der Waals surface area contributed by atoms with E-state index in [9.17, 15) is 4.79 Å². The molecule has 0 spiro atoms. The standard InChI is InChI=1S/C7H16N4O/c1-10-2-3-11(7(9)12)6(4-8)5-10/h6H,2-5,8H2,1H3,(H2,9,12). The number of hydrogen-bond acceptors (Lipinski definition) is 3. The van der Waals surface area contributed by atoms with Gasteiger partial charge in [-0.05, 0) is 7.05 Å². The summed E-state index contributed by atoms with van der Waals surface area (Å²) in [5, 5.41) is 0. The van der Waals surface area contributed by atoms with Gasteiger partial charge in [0.15, 0.2) is 0 Å². The minimum absolute atomic E-state index is 0.0845. The van der Waals surface area contributed by atoms with Gasteiger partial charge >= 0.3 is 6.03 Å². The van der Waals surface area contributed by atoms with Gasteiger partial charge in [-0.15, -0.1) is 0 Å². The third kappa shape index (κ3) is 1.86. The van der Waals surface area contributed by atoms with Crippen LogP contribution in [0.3, 0.4) is 0 Å². The SMILES string of the molecule is CN1CCN(C(N)=O)C(CN)C1. The fourth-order valence-electron chi connectivity index (χ4n) is 1.50. The van der Waals surface area contributed by atoms with Gasteiger partial charge in [-0.1, -0.05) is 0 Å². The molecule has 0 aromatic heterocycles. The minimum atomic E-state index is -0.362. The number of urea groups is 1. The fraction of sp³-hybridized carbons (Fsp3) is 0.857. The highest BCUT2D eigenvalue weighted by molar-refractivity contribution is 5.72. The van der Waals surface area contributed by atoms with Crippen LogP contribution in [0, 0.1) is 0 Å².